The molecule has 0 aromatic carbocycles. The number of nitrogens with one attached hydrogen (secondary N) is 1. The fraction of sp³-hybridized carbons (Fsp3) is 0.667. The molecule has 0 saturated carbocycles. The minimum Gasteiger partial charge on any atom is -0.462 e. The van der Waals surface area contributed by atoms with Gasteiger partial charge < -0.3 is 20.5 Å². The lowest BCUT2D eigenvalue weighted by Gasteiger charge is -2.15. The molecule has 1 aliphatic heterocycles. The molecule has 2 unspecified atom stereocenters. The molecular formula is C12H19N3O3S. The normalized spacial score (nSPS) is 22.4. The van der Waals surface area contributed by atoms with Crippen LogP contribution >= 0.6 is 11.5 Å². The van der Waals surface area contributed by atoms with Crippen LogP contribution in [-0.4, -0.2) is 36.2 Å². The summed E-state index contributed by atoms with van der Waals surface area (Å²) in [5.74, 6) is 0.243. The third-order valence-corrected chi connectivity index (χ3v) is 4.08. The highest BCUT2D eigenvalue weighted by Gasteiger charge is 2.26. The van der Waals surface area contributed by atoms with Gasteiger partial charge in [-0.15, -0.1) is 0 Å². The van der Waals surface area contributed by atoms with E-state index in [4.69, 9.17) is 15.2 Å². The number of esters is 1. The third kappa shape index (κ3) is 3.16. The average molecular weight is 285 g/mol. The maximum absolute atomic E-state index is 11.8. The van der Waals surface area contributed by atoms with Crippen LogP contribution in [-0.2, 0) is 9.47 Å². The number of aromatic nitrogens is 1. The number of nitrogens with two attached hydrogens (primary N) is 1. The fourth-order valence-corrected chi connectivity index (χ4v) is 2.80. The zero-order valence-corrected chi connectivity index (χ0v) is 12.0. The van der Waals surface area contributed by atoms with Crippen molar-refractivity contribution in [3.63, 3.8) is 0 Å². The highest BCUT2D eigenvalue weighted by Crippen LogP contribution is 2.29. The van der Waals surface area contributed by atoms with E-state index >= 15 is 0 Å². The Morgan fingerprint density at radius 2 is 2.47 bits per heavy atom. The monoisotopic (exact) mass is 285 g/mol. The quantitative estimate of drug-likeness (QED) is 0.801. The SMILES string of the molecule is CCOC(=O)c1c(N)nsc1NCC1CCOC1C. The second kappa shape index (κ2) is 6.21. The van der Waals surface area contributed by atoms with Crippen molar-refractivity contribution in [1.82, 2.24) is 4.37 Å². The number of carbonyl (C=O) groups is 1. The number of carbonyl (C=O) groups excluding carboxylic acids is 1. The molecule has 1 saturated heterocycles. The molecule has 0 aliphatic carbocycles. The van der Waals surface area contributed by atoms with Gasteiger partial charge in [-0.25, -0.2) is 4.79 Å². The number of anilines is 2. The summed E-state index contributed by atoms with van der Waals surface area (Å²) in [6, 6.07) is 0. The Morgan fingerprint density at radius 1 is 1.68 bits per heavy atom. The first kappa shape index (κ1) is 14.1. The molecule has 106 valence electrons. The third-order valence-electron chi connectivity index (χ3n) is 3.26. The highest BCUT2D eigenvalue weighted by atomic mass is 32.1. The second-order valence-corrected chi connectivity index (χ2v) is 5.27. The zero-order valence-electron chi connectivity index (χ0n) is 11.1. The van der Waals surface area contributed by atoms with E-state index in [2.05, 4.69) is 16.6 Å². The molecule has 1 aliphatic rings. The lowest BCUT2D eigenvalue weighted by atomic mass is 10.0. The summed E-state index contributed by atoms with van der Waals surface area (Å²) in [5.41, 5.74) is 6.06. The van der Waals surface area contributed by atoms with Crippen molar-refractivity contribution in [1.29, 1.82) is 0 Å². The first-order valence-corrected chi connectivity index (χ1v) is 7.18. The summed E-state index contributed by atoms with van der Waals surface area (Å²) < 4.78 is 14.5. The van der Waals surface area contributed by atoms with Crippen molar-refractivity contribution < 1.29 is 14.3 Å². The molecule has 2 heterocycles. The number of nitrogens with zero attached hydrogens (tertiary/aromatic N) is 1. The number of rotatable bonds is 5. The fourth-order valence-electron chi connectivity index (χ4n) is 2.09. The molecule has 3 N–H and O–H groups in total. The van der Waals surface area contributed by atoms with Crippen LogP contribution in [0.15, 0.2) is 0 Å². The van der Waals surface area contributed by atoms with E-state index in [1.54, 1.807) is 6.92 Å². The average Bonchev–Trinajstić information content (AvgIpc) is 2.93. The van der Waals surface area contributed by atoms with Gasteiger partial charge in [0.15, 0.2) is 5.82 Å². The Balaban J connectivity index is 2.02. The van der Waals surface area contributed by atoms with Crippen LogP contribution in [0.2, 0.25) is 0 Å². The van der Waals surface area contributed by atoms with Crippen molar-refractivity contribution >= 4 is 28.3 Å². The van der Waals surface area contributed by atoms with Gasteiger partial charge in [0.25, 0.3) is 0 Å². The summed E-state index contributed by atoms with van der Waals surface area (Å²) in [4.78, 5) is 11.8. The molecule has 0 bridgehead atoms. The zero-order chi connectivity index (χ0) is 13.8. The van der Waals surface area contributed by atoms with Crippen molar-refractivity contribution in [2.24, 2.45) is 5.92 Å². The Hall–Kier alpha value is -1.34. The van der Waals surface area contributed by atoms with E-state index in [9.17, 15) is 4.79 Å². The summed E-state index contributed by atoms with van der Waals surface area (Å²) >= 11 is 1.19. The van der Waals surface area contributed by atoms with E-state index in [0.29, 0.717) is 23.1 Å². The number of hydrogen-bond acceptors (Lipinski definition) is 7. The van der Waals surface area contributed by atoms with Crippen molar-refractivity contribution in [2.75, 3.05) is 30.8 Å². The smallest absolute Gasteiger partial charge is 0.344 e. The first-order chi connectivity index (χ1) is 9.13. The molecule has 2 atom stereocenters. The van der Waals surface area contributed by atoms with Gasteiger partial charge in [0.05, 0.1) is 12.7 Å². The van der Waals surface area contributed by atoms with Gasteiger partial charge in [0.2, 0.25) is 0 Å². The van der Waals surface area contributed by atoms with Gasteiger partial charge in [0, 0.05) is 19.1 Å². The Labute approximate surface area is 116 Å². The lowest BCUT2D eigenvalue weighted by molar-refractivity contribution is 0.0529. The molecule has 19 heavy (non-hydrogen) atoms. The maximum Gasteiger partial charge on any atom is 0.344 e. The Kier molecular flexibility index (Phi) is 4.60. The molecule has 1 aromatic heterocycles. The number of nitrogen functional groups attached to an aromatic ring is 1. The minimum atomic E-state index is -0.424. The van der Waals surface area contributed by atoms with Crippen molar-refractivity contribution in [3.8, 4) is 0 Å². The molecule has 0 spiro atoms. The Bertz CT molecular complexity index is 449. The molecule has 2 rings (SSSR count). The van der Waals surface area contributed by atoms with Crippen molar-refractivity contribution in [2.45, 2.75) is 26.4 Å². The van der Waals surface area contributed by atoms with E-state index in [-0.39, 0.29) is 11.9 Å². The molecular weight excluding hydrogens is 266 g/mol. The summed E-state index contributed by atoms with van der Waals surface area (Å²) in [5, 5.41) is 3.92. The number of ether oxygens (including phenoxy) is 2. The minimum absolute atomic E-state index is 0.224. The molecule has 7 heteroatoms. The molecule has 1 aromatic rings. The van der Waals surface area contributed by atoms with Crippen LogP contribution in [0.4, 0.5) is 10.8 Å². The molecule has 1 fully saturated rings. The molecule has 0 radical (unpaired) electrons. The van der Waals surface area contributed by atoms with Crippen LogP contribution in [0.5, 0.6) is 0 Å². The second-order valence-electron chi connectivity index (χ2n) is 4.50. The first-order valence-electron chi connectivity index (χ1n) is 6.41. The van der Waals surface area contributed by atoms with Crippen LogP contribution in [0.3, 0.4) is 0 Å². The van der Waals surface area contributed by atoms with Gasteiger partial charge in [-0.05, 0) is 31.8 Å². The van der Waals surface area contributed by atoms with E-state index in [0.717, 1.165) is 19.6 Å². The van der Waals surface area contributed by atoms with Crippen LogP contribution in [0.25, 0.3) is 0 Å². The van der Waals surface area contributed by atoms with E-state index < -0.39 is 5.97 Å². The van der Waals surface area contributed by atoms with E-state index in [1.165, 1.54) is 11.5 Å². The van der Waals surface area contributed by atoms with Gasteiger partial charge in [0.1, 0.15) is 10.6 Å². The summed E-state index contributed by atoms with van der Waals surface area (Å²) in [6.07, 6.45) is 1.26. The van der Waals surface area contributed by atoms with Crippen LogP contribution < -0.4 is 11.1 Å². The Morgan fingerprint density at radius 3 is 3.11 bits per heavy atom. The van der Waals surface area contributed by atoms with Crippen molar-refractivity contribution in [3.05, 3.63) is 5.56 Å². The van der Waals surface area contributed by atoms with Gasteiger partial charge in [-0.3, -0.25) is 0 Å². The summed E-state index contributed by atoms with van der Waals surface area (Å²) in [7, 11) is 0. The highest BCUT2D eigenvalue weighted by molar-refractivity contribution is 7.11. The molecule has 0 amide bonds. The lowest BCUT2D eigenvalue weighted by Crippen LogP contribution is -2.21. The topological polar surface area (TPSA) is 86.5 Å². The van der Waals surface area contributed by atoms with E-state index in [1.807, 2.05) is 0 Å². The maximum atomic E-state index is 11.8. The van der Waals surface area contributed by atoms with Crippen LogP contribution in [0.1, 0.15) is 30.6 Å². The van der Waals surface area contributed by atoms with Gasteiger partial charge in [-0.1, -0.05) is 0 Å². The standard InChI is InChI=1S/C12H19N3O3S/c1-3-17-12(16)9-10(13)15-19-11(9)14-6-8-4-5-18-7(8)2/h7-8,14H,3-6H2,1-2H3,(H2,13,15). The van der Waals surface area contributed by atoms with Gasteiger partial charge >= 0.3 is 5.97 Å². The largest absolute Gasteiger partial charge is 0.462 e. The predicted molar refractivity (Wildman–Crippen MR) is 74.5 cm³/mol. The van der Waals surface area contributed by atoms with Gasteiger partial charge in [-0.2, -0.15) is 4.37 Å². The van der Waals surface area contributed by atoms with Crippen LogP contribution in [0, 0.1) is 5.92 Å². The predicted octanol–water partition coefficient (Wildman–Crippen LogP) is 1.74. The number of hydrogen-bond donors (Lipinski definition) is 2. The molecule has 6 nitrogen and oxygen atoms in total. The summed E-state index contributed by atoms with van der Waals surface area (Å²) in [6.45, 7) is 5.69.